The number of anilines is 1. The van der Waals surface area contributed by atoms with Gasteiger partial charge in [-0.15, -0.1) is 0 Å². The number of nitrogens with one attached hydrogen (secondary N) is 1. The minimum atomic E-state index is -2.40. The highest BCUT2D eigenvalue weighted by Crippen LogP contribution is 2.45. The summed E-state index contributed by atoms with van der Waals surface area (Å²) in [6.07, 6.45) is 11.0. The standard InChI is InChI=1S/C29H33ClN6O4Si/c1-28(2,41(3,4)39)7-8-29(16-40-17-29)36-15-24(23-14-32-18-34-27(23)36)26(38)19-9-22(13-31-11-19)35-25(37)10-21-6-5-20(30)12-33-21/h5-6,9,11-15,18,39H,7-8,10,16-17H2,1-4H3,(H,35,37). The quantitative estimate of drug-likeness (QED) is 0.199. The van der Waals surface area contributed by atoms with Crippen LogP contribution in [0.2, 0.25) is 23.2 Å². The summed E-state index contributed by atoms with van der Waals surface area (Å²) in [5.74, 6) is -0.550. The van der Waals surface area contributed by atoms with Crippen molar-refractivity contribution in [2.24, 2.45) is 0 Å². The van der Waals surface area contributed by atoms with E-state index in [2.05, 4.69) is 39.1 Å². The highest BCUT2D eigenvalue weighted by atomic mass is 35.5. The van der Waals surface area contributed by atoms with Crippen LogP contribution in [0.15, 0.2) is 55.5 Å². The lowest BCUT2D eigenvalue weighted by molar-refractivity contribution is -0.115. The fraction of sp³-hybridized carbons (Fsp3) is 0.379. The predicted molar refractivity (Wildman–Crippen MR) is 159 cm³/mol. The van der Waals surface area contributed by atoms with Gasteiger partial charge in [0.25, 0.3) is 0 Å². The average molecular weight is 593 g/mol. The van der Waals surface area contributed by atoms with E-state index >= 15 is 0 Å². The predicted octanol–water partition coefficient (Wildman–Crippen LogP) is 4.77. The first-order valence-corrected chi connectivity index (χ1v) is 16.7. The van der Waals surface area contributed by atoms with Crippen molar-refractivity contribution in [2.75, 3.05) is 18.5 Å². The van der Waals surface area contributed by atoms with Crippen molar-refractivity contribution < 1.29 is 19.1 Å². The summed E-state index contributed by atoms with van der Waals surface area (Å²) in [6.45, 7) is 9.13. The van der Waals surface area contributed by atoms with Crippen LogP contribution in [0, 0.1) is 0 Å². The number of fused-ring (bicyclic) bond motifs is 1. The lowest BCUT2D eigenvalue weighted by atomic mass is 9.87. The summed E-state index contributed by atoms with van der Waals surface area (Å²) in [5.41, 5.74) is 2.00. The van der Waals surface area contributed by atoms with E-state index in [1.807, 2.05) is 23.9 Å². The van der Waals surface area contributed by atoms with Crippen LogP contribution in [0.3, 0.4) is 0 Å². The molecule has 1 aliphatic rings. The fourth-order valence-electron chi connectivity index (χ4n) is 4.77. The van der Waals surface area contributed by atoms with Gasteiger partial charge < -0.3 is 19.4 Å². The van der Waals surface area contributed by atoms with E-state index in [1.54, 1.807) is 24.4 Å². The number of rotatable bonds is 10. The van der Waals surface area contributed by atoms with Crippen LogP contribution in [-0.2, 0) is 21.5 Å². The highest BCUT2D eigenvalue weighted by molar-refractivity contribution is 6.72. The van der Waals surface area contributed by atoms with Gasteiger partial charge in [0, 0.05) is 41.4 Å². The molecule has 4 aromatic rings. The third-order valence-corrected chi connectivity index (χ3v) is 12.0. The summed E-state index contributed by atoms with van der Waals surface area (Å²) >= 11 is 5.87. The zero-order valence-corrected chi connectivity index (χ0v) is 25.3. The first-order valence-electron chi connectivity index (χ1n) is 13.4. The number of pyridine rings is 2. The van der Waals surface area contributed by atoms with Crippen LogP contribution in [0.5, 0.6) is 0 Å². The zero-order valence-electron chi connectivity index (χ0n) is 23.5. The van der Waals surface area contributed by atoms with E-state index in [0.29, 0.717) is 51.8 Å². The second-order valence-corrected chi connectivity index (χ2v) is 16.7. The molecule has 1 aliphatic heterocycles. The minimum absolute atomic E-state index is 0.0527. The summed E-state index contributed by atoms with van der Waals surface area (Å²) in [7, 11) is -2.40. The maximum Gasteiger partial charge on any atom is 0.230 e. The van der Waals surface area contributed by atoms with E-state index in [9.17, 15) is 14.4 Å². The van der Waals surface area contributed by atoms with Crippen molar-refractivity contribution in [3.05, 3.63) is 77.4 Å². The number of hydrogen-bond acceptors (Lipinski definition) is 8. The molecule has 0 radical (unpaired) electrons. The van der Waals surface area contributed by atoms with E-state index in [1.165, 1.54) is 24.9 Å². The van der Waals surface area contributed by atoms with Crippen LogP contribution in [0.25, 0.3) is 11.0 Å². The molecule has 2 N–H and O–H groups in total. The van der Waals surface area contributed by atoms with Gasteiger partial charge in [-0.1, -0.05) is 25.4 Å². The van der Waals surface area contributed by atoms with Crippen LogP contribution < -0.4 is 5.32 Å². The Bertz CT molecular complexity index is 1600. The number of hydrogen-bond donors (Lipinski definition) is 2. The fourth-order valence-corrected chi connectivity index (χ4v) is 5.62. The summed E-state index contributed by atoms with van der Waals surface area (Å²) in [5, 5.41) is 3.71. The molecule has 0 saturated carbocycles. The Morgan fingerprint density at radius 3 is 2.59 bits per heavy atom. The van der Waals surface area contributed by atoms with Crippen molar-refractivity contribution in [2.45, 2.75) is 56.8 Å². The van der Waals surface area contributed by atoms with Gasteiger partial charge in [-0.25, -0.2) is 9.97 Å². The molecule has 1 fully saturated rings. The normalized spacial score (nSPS) is 15.0. The van der Waals surface area contributed by atoms with Gasteiger partial charge in [-0.3, -0.25) is 19.6 Å². The van der Waals surface area contributed by atoms with E-state index in [0.717, 1.165) is 12.8 Å². The molecule has 214 valence electrons. The number of nitrogens with zero attached hydrogens (tertiary/aromatic N) is 5. The highest BCUT2D eigenvalue weighted by Gasteiger charge is 2.46. The van der Waals surface area contributed by atoms with Crippen molar-refractivity contribution in [3.63, 3.8) is 0 Å². The molecule has 0 spiro atoms. The van der Waals surface area contributed by atoms with Crippen LogP contribution in [0.1, 0.15) is 48.3 Å². The van der Waals surface area contributed by atoms with Gasteiger partial charge in [0.1, 0.15) is 12.0 Å². The van der Waals surface area contributed by atoms with Crippen molar-refractivity contribution in [1.29, 1.82) is 0 Å². The largest absolute Gasteiger partial charge is 0.432 e. The second kappa shape index (κ2) is 11.0. The smallest absolute Gasteiger partial charge is 0.230 e. The summed E-state index contributed by atoms with van der Waals surface area (Å²) < 4.78 is 7.73. The Kier molecular flexibility index (Phi) is 7.81. The molecular weight excluding hydrogens is 560 g/mol. The van der Waals surface area contributed by atoms with Gasteiger partial charge in [0.2, 0.25) is 5.91 Å². The third kappa shape index (κ3) is 5.94. The van der Waals surface area contributed by atoms with Gasteiger partial charge in [0.05, 0.1) is 47.6 Å². The molecule has 5 rings (SSSR count). The molecule has 5 heterocycles. The number of carbonyl (C=O) groups excluding carboxylic acids is 2. The van der Waals surface area contributed by atoms with Crippen LogP contribution >= 0.6 is 11.6 Å². The van der Waals surface area contributed by atoms with E-state index in [4.69, 9.17) is 16.3 Å². The van der Waals surface area contributed by atoms with Gasteiger partial charge in [-0.05, 0) is 49.2 Å². The molecule has 0 aromatic carbocycles. The molecule has 0 unspecified atom stereocenters. The topological polar surface area (TPSA) is 132 Å². The Morgan fingerprint density at radius 1 is 1.15 bits per heavy atom. The number of aromatic nitrogens is 5. The molecule has 0 aliphatic carbocycles. The molecule has 0 atom stereocenters. The first kappa shape index (κ1) is 29.0. The first-order chi connectivity index (χ1) is 19.4. The lowest BCUT2D eigenvalue weighted by Crippen LogP contribution is -2.52. The molecule has 1 saturated heterocycles. The van der Waals surface area contributed by atoms with Crippen molar-refractivity contribution in [3.8, 4) is 0 Å². The maximum absolute atomic E-state index is 13.8. The number of halogens is 1. The molecule has 41 heavy (non-hydrogen) atoms. The number of carbonyl (C=O) groups is 2. The molecular formula is C29H33ClN6O4Si. The van der Waals surface area contributed by atoms with Crippen molar-refractivity contribution >= 4 is 48.3 Å². The zero-order chi connectivity index (χ0) is 29.4. The van der Waals surface area contributed by atoms with Crippen LogP contribution in [-0.4, -0.2) is 62.5 Å². The number of ketones is 1. The Hall–Kier alpha value is -3.51. The Morgan fingerprint density at radius 2 is 1.93 bits per heavy atom. The monoisotopic (exact) mass is 592 g/mol. The van der Waals surface area contributed by atoms with Crippen LogP contribution in [0.4, 0.5) is 5.69 Å². The Labute approximate surface area is 244 Å². The third-order valence-electron chi connectivity index (χ3n) is 8.25. The number of ether oxygens (including phenoxy) is 1. The molecule has 0 bridgehead atoms. The SMILES string of the molecule is CC(C)(CCC1(n2cc(C(=O)c3cncc(NC(=O)Cc4ccc(Cl)cn4)c3)c3cncnc32)COC1)[Si](C)(C)O. The molecule has 4 aromatic heterocycles. The molecule has 12 heteroatoms. The lowest BCUT2D eigenvalue weighted by Gasteiger charge is -2.46. The van der Waals surface area contributed by atoms with Gasteiger partial charge in [-0.2, -0.15) is 0 Å². The van der Waals surface area contributed by atoms with Gasteiger partial charge >= 0.3 is 0 Å². The molecule has 1 amide bonds. The number of amides is 1. The minimum Gasteiger partial charge on any atom is -0.432 e. The Balaban J connectivity index is 1.40. The van der Waals surface area contributed by atoms with Gasteiger partial charge in [0.15, 0.2) is 14.1 Å². The van der Waals surface area contributed by atoms with Crippen molar-refractivity contribution in [1.82, 2.24) is 24.5 Å². The van der Waals surface area contributed by atoms with E-state index < -0.39 is 8.32 Å². The molecule has 10 nitrogen and oxygen atoms in total. The average Bonchev–Trinajstić information content (AvgIpc) is 3.28. The van der Waals surface area contributed by atoms with E-state index in [-0.39, 0.29) is 28.7 Å². The summed E-state index contributed by atoms with van der Waals surface area (Å²) in [4.78, 5) is 54.3. The summed E-state index contributed by atoms with van der Waals surface area (Å²) in [6, 6.07) is 4.97. The maximum atomic E-state index is 13.8. The second-order valence-electron chi connectivity index (χ2n) is 11.8.